The average molecular weight is 273 g/mol. The molecule has 0 bridgehead atoms. The Labute approximate surface area is 118 Å². The highest BCUT2D eigenvalue weighted by Gasteiger charge is 2.11. The number of aryl methyl sites for hydroxylation is 1. The van der Waals surface area contributed by atoms with E-state index in [0.717, 1.165) is 17.8 Å². The zero-order valence-corrected chi connectivity index (χ0v) is 12.0. The summed E-state index contributed by atoms with van der Waals surface area (Å²) in [6.07, 6.45) is 3.36. The Morgan fingerprint density at radius 1 is 1.10 bits per heavy atom. The van der Waals surface area contributed by atoms with Crippen molar-refractivity contribution in [2.75, 3.05) is 24.3 Å². The molecule has 0 saturated carbocycles. The highest BCUT2D eigenvalue weighted by atomic mass is 16.5. The Balaban J connectivity index is 2.12. The molecule has 2 rings (SSSR count). The van der Waals surface area contributed by atoms with Crippen molar-refractivity contribution in [3.8, 4) is 5.75 Å². The molecule has 0 spiro atoms. The molecular weight excluding hydrogens is 254 g/mol. The molecule has 2 aromatic heterocycles. The van der Waals surface area contributed by atoms with Crippen LogP contribution < -0.4 is 15.4 Å². The smallest absolute Gasteiger partial charge is 0.204 e. The van der Waals surface area contributed by atoms with Gasteiger partial charge in [-0.1, -0.05) is 6.07 Å². The summed E-state index contributed by atoms with van der Waals surface area (Å²) in [4.78, 5) is 12.6. The van der Waals surface area contributed by atoms with Gasteiger partial charge >= 0.3 is 0 Å². The van der Waals surface area contributed by atoms with E-state index in [9.17, 15) is 0 Å². The molecule has 20 heavy (non-hydrogen) atoms. The van der Waals surface area contributed by atoms with Gasteiger partial charge in [0.1, 0.15) is 6.33 Å². The fourth-order valence-corrected chi connectivity index (χ4v) is 1.78. The van der Waals surface area contributed by atoms with E-state index in [1.54, 1.807) is 7.11 Å². The Bertz CT molecular complexity index is 556. The number of nitrogens with one attached hydrogen (secondary N) is 2. The third-order valence-electron chi connectivity index (χ3n) is 2.78. The first-order chi connectivity index (χ1) is 9.74. The first-order valence-corrected chi connectivity index (χ1v) is 6.52. The van der Waals surface area contributed by atoms with Crippen molar-refractivity contribution < 1.29 is 4.74 Å². The van der Waals surface area contributed by atoms with Crippen molar-refractivity contribution in [1.82, 2.24) is 15.0 Å². The lowest BCUT2D eigenvalue weighted by atomic mass is 10.2. The molecule has 2 N–H and O–H groups in total. The van der Waals surface area contributed by atoms with Crippen molar-refractivity contribution in [2.24, 2.45) is 0 Å². The fraction of sp³-hybridized carbons (Fsp3) is 0.357. The van der Waals surface area contributed by atoms with Crippen LogP contribution in [0.5, 0.6) is 5.75 Å². The van der Waals surface area contributed by atoms with Crippen molar-refractivity contribution >= 4 is 11.6 Å². The van der Waals surface area contributed by atoms with E-state index in [0.29, 0.717) is 23.9 Å². The third-order valence-corrected chi connectivity index (χ3v) is 2.78. The number of hydrogen-bond donors (Lipinski definition) is 2. The van der Waals surface area contributed by atoms with Crippen LogP contribution in [-0.4, -0.2) is 28.6 Å². The van der Waals surface area contributed by atoms with Crippen molar-refractivity contribution in [3.63, 3.8) is 0 Å². The first-order valence-electron chi connectivity index (χ1n) is 6.52. The van der Waals surface area contributed by atoms with E-state index >= 15 is 0 Å². The molecule has 2 aromatic rings. The van der Waals surface area contributed by atoms with Crippen LogP contribution in [-0.2, 0) is 6.54 Å². The van der Waals surface area contributed by atoms with Gasteiger partial charge in [0.2, 0.25) is 5.75 Å². The Morgan fingerprint density at radius 3 is 2.45 bits per heavy atom. The van der Waals surface area contributed by atoms with Crippen molar-refractivity contribution in [1.29, 1.82) is 0 Å². The lowest BCUT2D eigenvalue weighted by Gasteiger charge is -2.13. The van der Waals surface area contributed by atoms with Crippen LogP contribution in [0, 0.1) is 6.92 Å². The van der Waals surface area contributed by atoms with E-state index in [1.165, 1.54) is 6.33 Å². The quantitative estimate of drug-likeness (QED) is 0.841. The molecule has 0 aromatic carbocycles. The number of ether oxygens (including phenoxy) is 1. The number of anilines is 2. The zero-order chi connectivity index (χ0) is 14.4. The van der Waals surface area contributed by atoms with Crippen LogP contribution in [0.2, 0.25) is 0 Å². The number of hydrogen-bond acceptors (Lipinski definition) is 6. The van der Waals surface area contributed by atoms with Crippen LogP contribution in [0.4, 0.5) is 11.6 Å². The van der Waals surface area contributed by atoms with Crippen LogP contribution in [0.3, 0.4) is 0 Å². The maximum absolute atomic E-state index is 5.37. The molecule has 0 atom stereocenters. The lowest BCUT2D eigenvalue weighted by molar-refractivity contribution is 0.414. The summed E-state index contributed by atoms with van der Waals surface area (Å²) in [6, 6.07) is 4.02. The molecule has 0 saturated heterocycles. The van der Waals surface area contributed by atoms with Gasteiger partial charge in [0.25, 0.3) is 0 Å². The summed E-state index contributed by atoms with van der Waals surface area (Å²) in [6.45, 7) is 5.38. The number of nitrogens with zero attached hydrogens (tertiary/aromatic N) is 3. The van der Waals surface area contributed by atoms with Crippen LogP contribution >= 0.6 is 0 Å². The zero-order valence-electron chi connectivity index (χ0n) is 12.0. The van der Waals surface area contributed by atoms with E-state index in [1.807, 2.05) is 32.2 Å². The molecule has 106 valence electrons. The molecule has 0 amide bonds. The van der Waals surface area contributed by atoms with Gasteiger partial charge in [-0.2, -0.15) is 0 Å². The number of aromatic nitrogens is 3. The topological polar surface area (TPSA) is 72.0 Å². The minimum absolute atomic E-state index is 0.620. The number of rotatable bonds is 6. The molecule has 0 aliphatic carbocycles. The average Bonchev–Trinajstić information content (AvgIpc) is 2.47. The van der Waals surface area contributed by atoms with E-state index in [-0.39, 0.29) is 0 Å². The Kier molecular flexibility index (Phi) is 4.70. The van der Waals surface area contributed by atoms with Crippen molar-refractivity contribution in [3.05, 3.63) is 35.9 Å². The molecule has 0 aliphatic rings. The fourth-order valence-electron chi connectivity index (χ4n) is 1.78. The standard InChI is InChI=1S/C14H19N5O/c1-4-15-13-12(20-3)14(19-9-18-13)17-8-11-6-5-10(2)16-7-11/h5-7,9H,4,8H2,1-3H3,(H2,15,17,18,19). The van der Waals surface area contributed by atoms with E-state index in [2.05, 4.69) is 25.6 Å². The third kappa shape index (κ3) is 3.34. The largest absolute Gasteiger partial charge is 0.490 e. The van der Waals surface area contributed by atoms with Crippen LogP contribution in [0.15, 0.2) is 24.7 Å². The summed E-state index contributed by atoms with van der Waals surface area (Å²) in [5.41, 5.74) is 2.09. The van der Waals surface area contributed by atoms with Gasteiger partial charge in [0.05, 0.1) is 7.11 Å². The van der Waals surface area contributed by atoms with Gasteiger partial charge in [-0.05, 0) is 25.5 Å². The Hall–Kier alpha value is -2.37. The second-order valence-corrected chi connectivity index (χ2v) is 4.30. The second kappa shape index (κ2) is 6.70. The molecular formula is C14H19N5O. The number of pyridine rings is 1. The summed E-state index contributed by atoms with van der Waals surface area (Å²) in [5, 5.41) is 6.39. The molecule has 0 radical (unpaired) electrons. The van der Waals surface area contributed by atoms with Crippen molar-refractivity contribution in [2.45, 2.75) is 20.4 Å². The molecule has 0 unspecified atom stereocenters. The SMILES string of the molecule is CCNc1ncnc(NCc2ccc(C)nc2)c1OC. The highest BCUT2D eigenvalue weighted by Crippen LogP contribution is 2.28. The maximum Gasteiger partial charge on any atom is 0.204 e. The van der Waals surface area contributed by atoms with Gasteiger partial charge in [0.15, 0.2) is 11.6 Å². The summed E-state index contributed by atoms with van der Waals surface area (Å²) >= 11 is 0. The first kappa shape index (κ1) is 14.0. The summed E-state index contributed by atoms with van der Waals surface area (Å²) in [5.74, 6) is 1.97. The lowest BCUT2D eigenvalue weighted by Crippen LogP contribution is -2.08. The minimum atomic E-state index is 0.620. The maximum atomic E-state index is 5.37. The Morgan fingerprint density at radius 2 is 1.85 bits per heavy atom. The molecule has 6 nitrogen and oxygen atoms in total. The normalized spacial score (nSPS) is 10.2. The van der Waals surface area contributed by atoms with Gasteiger partial charge < -0.3 is 15.4 Å². The van der Waals surface area contributed by atoms with Crippen LogP contribution in [0.25, 0.3) is 0 Å². The van der Waals surface area contributed by atoms with Gasteiger partial charge in [-0.25, -0.2) is 9.97 Å². The predicted molar refractivity (Wildman–Crippen MR) is 79.0 cm³/mol. The van der Waals surface area contributed by atoms with E-state index in [4.69, 9.17) is 4.74 Å². The number of methoxy groups -OCH3 is 1. The van der Waals surface area contributed by atoms with Crippen LogP contribution in [0.1, 0.15) is 18.2 Å². The monoisotopic (exact) mass is 273 g/mol. The second-order valence-electron chi connectivity index (χ2n) is 4.30. The summed E-state index contributed by atoms with van der Waals surface area (Å²) < 4.78 is 5.37. The van der Waals surface area contributed by atoms with Gasteiger partial charge in [-0.15, -0.1) is 0 Å². The molecule has 6 heteroatoms. The minimum Gasteiger partial charge on any atom is -0.490 e. The van der Waals surface area contributed by atoms with E-state index < -0.39 is 0 Å². The van der Waals surface area contributed by atoms with Gasteiger partial charge in [-0.3, -0.25) is 4.98 Å². The van der Waals surface area contributed by atoms with Gasteiger partial charge in [0, 0.05) is 25.0 Å². The molecule has 0 aliphatic heterocycles. The summed E-state index contributed by atoms with van der Waals surface area (Å²) in [7, 11) is 1.61. The predicted octanol–water partition coefficient (Wildman–Crippen LogP) is 2.23. The molecule has 0 fully saturated rings. The highest BCUT2D eigenvalue weighted by molar-refractivity contribution is 5.63. The molecule has 2 heterocycles.